The normalized spacial score (nSPS) is 11.6. The van der Waals surface area contributed by atoms with E-state index in [-0.39, 0.29) is 0 Å². The minimum absolute atomic E-state index is 0.921. The minimum atomic E-state index is 0.921. The number of anilines is 3. The molecule has 0 aliphatic heterocycles. The maximum absolute atomic E-state index is 6.33. The Kier molecular flexibility index (Phi) is 5.54. The highest BCUT2D eigenvalue weighted by Crippen LogP contribution is 2.41. The molecule has 1 aromatic heterocycles. The number of nitrogens with zero attached hydrogens (tertiary/aromatic N) is 1. The van der Waals surface area contributed by atoms with Gasteiger partial charge in [0.05, 0.1) is 0 Å². The van der Waals surface area contributed by atoms with Gasteiger partial charge in [-0.3, -0.25) is 0 Å². The molecule has 0 amide bonds. The summed E-state index contributed by atoms with van der Waals surface area (Å²) in [4.78, 5) is 2.32. The number of para-hydroxylation sites is 2. The van der Waals surface area contributed by atoms with Crippen molar-refractivity contribution in [3.8, 4) is 11.1 Å². The quantitative estimate of drug-likeness (QED) is 0.199. The predicted octanol–water partition coefficient (Wildman–Crippen LogP) is 12.2. The zero-order valence-electron chi connectivity index (χ0n) is 23.9. The maximum atomic E-state index is 6.33. The van der Waals surface area contributed by atoms with Crippen molar-refractivity contribution in [3.05, 3.63) is 164 Å². The van der Waals surface area contributed by atoms with E-state index in [1.807, 2.05) is 12.1 Å². The lowest BCUT2D eigenvalue weighted by atomic mass is 9.93. The molecule has 0 aliphatic rings. The number of furan rings is 1. The predicted molar refractivity (Wildman–Crippen MR) is 186 cm³/mol. The Labute approximate surface area is 255 Å². The molecular formula is C42H27NO. The highest BCUT2D eigenvalue weighted by Gasteiger charge is 2.16. The van der Waals surface area contributed by atoms with Gasteiger partial charge in [0.15, 0.2) is 0 Å². The first-order chi connectivity index (χ1) is 21.8. The maximum Gasteiger partial charge on any atom is 0.143 e. The summed E-state index contributed by atoms with van der Waals surface area (Å²) in [5, 5.41) is 9.66. The Bertz CT molecular complexity index is 2490. The molecule has 9 aromatic rings. The molecule has 0 N–H and O–H groups in total. The van der Waals surface area contributed by atoms with E-state index in [4.69, 9.17) is 4.42 Å². The summed E-state index contributed by atoms with van der Waals surface area (Å²) in [6.45, 7) is 0. The summed E-state index contributed by atoms with van der Waals surface area (Å²) in [7, 11) is 0. The molecule has 9 rings (SSSR count). The smallest absolute Gasteiger partial charge is 0.143 e. The fourth-order valence-corrected chi connectivity index (χ4v) is 6.75. The van der Waals surface area contributed by atoms with E-state index in [1.165, 1.54) is 32.7 Å². The number of fused-ring (bicyclic) bond motifs is 8. The Balaban J connectivity index is 1.18. The second-order valence-electron chi connectivity index (χ2n) is 11.4. The molecule has 0 atom stereocenters. The van der Waals surface area contributed by atoms with Gasteiger partial charge in [-0.15, -0.1) is 0 Å². The van der Waals surface area contributed by atoms with E-state index in [0.717, 1.165) is 49.8 Å². The third-order valence-corrected chi connectivity index (χ3v) is 8.82. The van der Waals surface area contributed by atoms with Gasteiger partial charge in [-0.05, 0) is 98.7 Å². The molecule has 0 radical (unpaired) electrons. The molecule has 0 saturated heterocycles. The van der Waals surface area contributed by atoms with Crippen molar-refractivity contribution < 1.29 is 4.42 Å². The van der Waals surface area contributed by atoms with Crippen molar-refractivity contribution in [1.82, 2.24) is 0 Å². The standard InChI is InChI=1S/C42H27NO/c1-2-11-31(12-3-1)43(33-23-25-35-30(26-33)20-24-39-38-16-8-9-17-41(38)44-42(35)39)32-21-18-28(19-22-32)40-27-29-10-4-5-13-34(29)36-14-6-7-15-37(36)40/h1-27H. The summed E-state index contributed by atoms with van der Waals surface area (Å²) >= 11 is 0. The average Bonchev–Trinajstić information content (AvgIpc) is 3.48. The monoisotopic (exact) mass is 561 g/mol. The summed E-state index contributed by atoms with van der Waals surface area (Å²) < 4.78 is 6.33. The van der Waals surface area contributed by atoms with Crippen LogP contribution in [0.2, 0.25) is 0 Å². The molecule has 206 valence electrons. The van der Waals surface area contributed by atoms with Gasteiger partial charge in [0.1, 0.15) is 11.2 Å². The lowest BCUT2D eigenvalue weighted by Crippen LogP contribution is -2.09. The molecule has 0 saturated carbocycles. The van der Waals surface area contributed by atoms with Crippen LogP contribution in [0.1, 0.15) is 0 Å². The molecule has 0 unspecified atom stereocenters. The topological polar surface area (TPSA) is 16.4 Å². The number of rotatable bonds is 4. The molecular weight excluding hydrogens is 534 g/mol. The van der Waals surface area contributed by atoms with Crippen LogP contribution in [-0.4, -0.2) is 0 Å². The van der Waals surface area contributed by atoms with Gasteiger partial charge >= 0.3 is 0 Å². The number of hydrogen-bond acceptors (Lipinski definition) is 2. The Morgan fingerprint density at radius 3 is 1.82 bits per heavy atom. The fourth-order valence-electron chi connectivity index (χ4n) is 6.75. The van der Waals surface area contributed by atoms with Gasteiger partial charge in [-0.2, -0.15) is 0 Å². The van der Waals surface area contributed by atoms with Crippen molar-refractivity contribution in [1.29, 1.82) is 0 Å². The van der Waals surface area contributed by atoms with Gasteiger partial charge in [-0.1, -0.05) is 103 Å². The van der Waals surface area contributed by atoms with E-state index in [2.05, 4.69) is 157 Å². The molecule has 0 aliphatic carbocycles. The van der Waals surface area contributed by atoms with Gasteiger partial charge < -0.3 is 9.32 Å². The summed E-state index contributed by atoms with van der Waals surface area (Å²) in [6, 6.07) is 58.6. The highest BCUT2D eigenvalue weighted by molar-refractivity contribution is 6.16. The molecule has 0 bridgehead atoms. The largest absolute Gasteiger partial charge is 0.455 e. The van der Waals surface area contributed by atoms with E-state index in [0.29, 0.717) is 0 Å². The van der Waals surface area contributed by atoms with Crippen LogP contribution in [0.4, 0.5) is 17.1 Å². The van der Waals surface area contributed by atoms with Crippen LogP contribution < -0.4 is 4.90 Å². The average molecular weight is 562 g/mol. The van der Waals surface area contributed by atoms with Crippen LogP contribution in [0.3, 0.4) is 0 Å². The van der Waals surface area contributed by atoms with Crippen LogP contribution in [0.15, 0.2) is 168 Å². The van der Waals surface area contributed by atoms with Crippen molar-refractivity contribution in [2.24, 2.45) is 0 Å². The van der Waals surface area contributed by atoms with Crippen molar-refractivity contribution >= 4 is 71.3 Å². The van der Waals surface area contributed by atoms with Crippen LogP contribution >= 0.6 is 0 Å². The minimum Gasteiger partial charge on any atom is -0.455 e. The van der Waals surface area contributed by atoms with E-state index in [9.17, 15) is 0 Å². The lowest BCUT2D eigenvalue weighted by molar-refractivity contribution is 0.672. The second kappa shape index (κ2) is 9.86. The third kappa shape index (κ3) is 3.89. The summed E-state index contributed by atoms with van der Waals surface area (Å²) in [6.07, 6.45) is 0. The van der Waals surface area contributed by atoms with Crippen LogP contribution in [-0.2, 0) is 0 Å². The van der Waals surface area contributed by atoms with Gasteiger partial charge in [0, 0.05) is 33.2 Å². The Morgan fingerprint density at radius 1 is 0.364 bits per heavy atom. The van der Waals surface area contributed by atoms with Crippen molar-refractivity contribution in [3.63, 3.8) is 0 Å². The fraction of sp³-hybridized carbons (Fsp3) is 0. The highest BCUT2D eigenvalue weighted by atomic mass is 16.3. The zero-order chi connectivity index (χ0) is 29.0. The molecule has 2 nitrogen and oxygen atoms in total. The Hall–Kier alpha value is -5.86. The summed E-state index contributed by atoms with van der Waals surface area (Å²) in [5.41, 5.74) is 7.63. The molecule has 44 heavy (non-hydrogen) atoms. The van der Waals surface area contributed by atoms with E-state index >= 15 is 0 Å². The Morgan fingerprint density at radius 2 is 0.977 bits per heavy atom. The van der Waals surface area contributed by atoms with Crippen molar-refractivity contribution in [2.75, 3.05) is 4.90 Å². The molecule has 2 heteroatoms. The second-order valence-corrected chi connectivity index (χ2v) is 11.4. The van der Waals surface area contributed by atoms with Crippen LogP contribution in [0.25, 0.3) is 65.4 Å². The van der Waals surface area contributed by atoms with Gasteiger partial charge in [0.2, 0.25) is 0 Å². The first-order valence-electron chi connectivity index (χ1n) is 15.0. The summed E-state index contributed by atoms with van der Waals surface area (Å²) in [5.74, 6) is 0. The van der Waals surface area contributed by atoms with Crippen LogP contribution in [0.5, 0.6) is 0 Å². The van der Waals surface area contributed by atoms with E-state index < -0.39 is 0 Å². The van der Waals surface area contributed by atoms with Crippen molar-refractivity contribution in [2.45, 2.75) is 0 Å². The molecule has 8 aromatic carbocycles. The molecule has 0 fully saturated rings. The first-order valence-corrected chi connectivity index (χ1v) is 15.0. The number of hydrogen-bond donors (Lipinski definition) is 0. The third-order valence-electron chi connectivity index (χ3n) is 8.82. The van der Waals surface area contributed by atoms with Crippen LogP contribution in [0, 0.1) is 0 Å². The lowest BCUT2D eigenvalue weighted by Gasteiger charge is -2.26. The molecule has 1 heterocycles. The number of benzene rings is 8. The van der Waals surface area contributed by atoms with E-state index in [1.54, 1.807) is 0 Å². The van der Waals surface area contributed by atoms with Gasteiger partial charge in [-0.25, -0.2) is 0 Å². The van der Waals surface area contributed by atoms with Gasteiger partial charge in [0.25, 0.3) is 0 Å². The first kappa shape index (κ1) is 24.7. The zero-order valence-corrected chi connectivity index (χ0v) is 23.9. The molecule has 0 spiro atoms. The SMILES string of the molecule is c1ccc(N(c2ccc(-c3cc4ccccc4c4ccccc34)cc2)c2ccc3c(ccc4c5ccccc5oc34)c2)cc1.